The van der Waals surface area contributed by atoms with E-state index in [4.69, 9.17) is 0 Å². The maximum absolute atomic E-state index is 12.2. The van der Waals surface area contributed by atoms with Crippen LogP contribution in [0.25, 0.3) is 0 Å². The van der Waals surface area contributed by atoms with Crippen molar-refractivity contribution in [3.05, 3.63) is 0 Å². The summed E-state index contributed by atoms with van der Waals surface area (Å²) in [7, 11) is 1.33. The van der Waals surface area contributed by atoms with Crippen LogP contribution in [0.5, 0.6) is 0 Å². The van der Waals surface area contributed by atoms with Crippen LogP contribution in [0, 0.1) is 16.7 Å². The second-order valence-corrected chi connectivity index (χ2v) is 4.27. The molecule has 0 atom stereocenters. The molecule has 0 spiro atoms. The third-order valence-electron chi connectivity index (χ3n) is 2.74. The lowest BCUT2D eigenvalue weighted by atomic mass is 9.79. The van der Waals surface area contributed by atoms with Crippen molar-refractivity contribution in [2.24, 2.45) is 5.41 Å². The molecule has 0 aromatic heterocycles. The lowest BCUT2D eigenvalue weighted by molar-refractivity contribution is -0.140. The van der Waals surface area contributed by atoms with Crippen LogP contribution < -0.4 is 0 Å². The second-order valence-electron chi connectivity index (χ2n) is 4.27. The number of halogens is 2. The predicted molar refractivity (Wildman–Crippen MR) is 61.5 cm³/mol. The van der Waals surface area contributed by atoms with E-state index in [-0.39, 0.29) is 0 Å². The van der Waals surface area contributed by atoms with Gasteiger partial charge in [0.1, 0.15) is 5.41 Å². The highest BCUT2D eigenvalue weighted by Crippen LogP contribution is 2.31. The zero-order valence-electron chi connectivity index (χ0n) is 10.7. The summed E-state index contributed by atoms with van der Waals surface area (Å²) in [4.78, 5) is 13.1. The molecule has 0 aromatic carbocycles. The minimum absolute atomic E-state index is 0.420. The molecule has 0 radical (unpaired) electrons. The van der Waals surface area contributed by atoms with Gasteiger partial charge in [0.05, 0.1) is 12.6 Å². The SMILES string of the molecule is CCCC(C#N)(CCC)C(=O)N(C)CC(F)F. The first-order chi connectivity index (χ1) is 7.93. The minimum atomic E-state index is -2.57. The van der Waals surface area contributed by atoms with Crippen molar-refractivity contribution in [3.63, 3.8) is 0 Å². The van der Waals surface area contributed by atoms with E-state index in [0.717, 1.165) is 4.90 Å². The summed E-state index contributed by atoms with van der Waals surface area (Å²) in [5, 5.41) is 9.21. The third-order valence-corrected chi connectivity index (χ3v) is 2.74. The highest BCUT2D eigenvalue weighted by atomic mass is 19.3. The van der Waals surface area contributed by atoms with Gasteiger partial charge in [-0.1, -0.05) is 26.7 Å². The molecule has 98 valence electrons. The Morgan fingerprint density at radius 1 is 1.35 bits per heavy atom. The van der Waals surface area contributed by atoms with Crippen LogP contribution in [-0.2, 0) is 4.79 Å². The fraction of sp³-hybridized carbons (Fsp3) is 0.833. The van der Waals surface area contributed by atoms with Crippen LogP contribution in [0.4, 0.5) is 8.78 Å². The smallest absolute Gasteiger partial charge is 0.255 e. The number of amides is 1. The van der Waals surface area contributed by atoms with Gasteiger partial charge in [0, 0.05) is 7.05 Å². The summed E-state index contributed by atoms with van der Waals surface area (Å²) in [6.45, 7) is 3.14. The minimum Gasteiger partial charge on any atom is -0.339 e. The predicted octanol–water partition coefficient (Wildman–Crippen LogP) is 2.82. The maximum Gasteiger partial charge on any atom is 0.255 e. The number of carbonyl (C=O) groups is 1. The standard InChI is InChI=1S/C12H20F2N2O/c1-4-6-12(9-15,7-5-2)11(17)16(3)8-10(13)14/h10H,4-8H2,1-3H3. The van der Waals surface area contributed by atoms with Crippen molar-refractivity contribution in [2.75, 3.05) is 13.6 Å². The van der Waals surface area contributed by atoms with Gasteiger partial charge < -0.3 is 4.90 Å². The molecule has 1 amide bonds. The Bertz CT molecular complexity index is 281. The first-order valence-corrected chi connectivity index (χ1v) is 5.88. The van der Waals surface area contributed by atoms with E-state index in [1.54, 1.807) is 0 Å². The first kappa shape index (κ1) is 15.8. The molecule has 0 fully saturated rings. The van der Waals surface area contributed by atoms with Crippen LogP contribution in [-0.4, -0.2) is 30.8 Å². The Balaban J connectivity index is 4.91. The molecule has 5 heteroatoms. The molecule has 0 unspecified atom stereocenters. The lowest BCUT2D eigenvalue weighted by Gasteiger charge is -2.29. The van der Waals surface area contributed by atoms with Crippen LogP contribution in [0.3, 0.4) is 0 Å². The van der Waals surface area contributed by atoms with Crippen molar-refractivity contribution in [1.82, 2.24) is 4.90 Å². The van der Waals surface area contributed by atoms with E-state index in [1.165, 1.54) is 7.05 Å². The van der Waals surface area contributed by atoms with E-state index >= 15 is 0 Å². The maximum atomic E-state index is 12.2. The van der Waals surface area contributed by atoms with Gasteiger partial charge in [-0.05, 0) is 12.8 Å². The molecule has 3 nitrogen and oxygen atoms in total. The molecular weight excluding hydrogens is 226 g/mol. The highest BCUT2D eigenvalue weighted by molar-refractivity contribution is 5.85. The van der Waals surface area contributed by atoms with Crippen LogP contribution in [0.15, 0.2) is 0 Å². The zero-order chi connectivity index (χ0) is 13.5. The van der Waals surface area contributed by atoms with Crippen molar-refractivity contribution >= 4 is 5.91 Å². The van der Waals surface area contributed by atoms with E-state index in [9.17, 15) is 18.8 Å². The van der Waals surface area contributed by atoms with Gasteiger partial charge in [-0.25, -0.2) is 8.78 Å². The number of nitrogens with zero attached hydrogens (tertiary/aromatic N) is 2. The van der Waals surface area contributed by atoms with Crippen molar-refractivity contribution < 1.29 is 13.6 Å². The Hall–Kier alpha value is -1.18. The van der Waals surface area contributed by atoms with E-state index in [0.29, 0.717) is 25.7 Å². The number of hydrogen-bond donors (Lipinski definition) is 0. The summed E-state index contributed by atoms with van der Waals surface area (Å²) in [6.07, 6.45) is -0.361. The molecule has 17 heavy (non-hydrogen) atoms. The van der Waals surface area contributed by atoms with E-state index < -0.39 is 24.3 Å². The van der Waals surface area contributed by atoms with Crippen LogP contribution >= 0.6 is 0 Å². The molecule has 0 saturated heterocycles. The molecule has 0 N–H and O–H groups in total. The monoisotopic (exact) mass is 246 g/mol. The fourth-order valence-electron chi connectivity index (χ4n) is 2.01. The van der Waals surface area contributed by atoms with Crippen LogP contribution in [0.1, 0.15) is 39.5 Å². The van der Waals surface area contributed by atoms with Gasteiger partial charge in [0.2, 0.25) is 5.91 Å². The molecule has 0 aliphatic heterocycles. The Morgan fingerprint density at radius 2 is 1.82 bits per heavy atom. The molecule has 0 aliphatic carbocycles. The number of carbonyl (C=O) groups excluding carboxylic acids is 1. The summed E-state index contributed by atoms with van der Waals surface area (Å²) in [5.74, 6) is -0.482. The average molecular weight is 246 g/mol. The summed E-state index contributed by atoms with van der Waals surface area (Å²) >= 11 is 0. The summed E-state index contributed by atoms with van der Waals surface area (Å²) in [5.41, 5.74) is -1.13. The van der Waals surface area contributed by atoms with E-state index in [2.05, 4.69) is 0 Å². The van der Waals surface area contributed by atoms with Gasteiger partial charge in [-0.3, -0.25) is 4.79 Å². The molecule has 0 heterocycles. The van der Waals surface area contributed by atoms with Gasteiger partial charge in [0.15, 0.2) is 0 Å². The van der Waals surface area contributed by atoms with Gasteiger partial charge in [-0.15, -0.1) is 0 Å². The van der Waals surface area contributed by atoms with Crippen molar-refractivity contribution in [1.29, 1.82) is 5.26 Å². The third kappa shape index (κ3) is 4.29. The van der Waals surface area contributed by atoms with Crippen molar-refractivity contribution in [2.45, 2.75) is 46.0 Å². The molecule has 0 bridgehead atoms. The fourth-order valence-corrected chi connectivity index (χ4v) is 2.01. The number of hydrogen-bond acceptors (Lipinski definition) is 2. The molecule has 0 saturated carbocycles. The second kappa shape index (κ2) is 7.21. The number of rotatable bonds is 7. The largest absolute Gasteiger partial charge is 0.339 e. The molecule has 0 rings (SSSR count). The van der Waals surface area contributed by atoms with Gasteiger partial charge >= 0.3 is 0 Å². The van der Waals surface area contributed by atoms with Crippen molar-refractivity contribution in [3.8, 4) is 6.07 Å². The zero-order valence-corrected chi connectivity index (χ0v) is 10.7. The normalized spacial score (nSPS) is 11.4. The van der Waals surface area contributed by atoms with Crippen LogP contribution in [0.2, 0.25) is 0 Å². The molecule has 0 aliphatic rings. The van der Waals surface area contributed by atoms with Gasteiger partial charge in [-0.2, -0.15) is 5.26 Å². The Morgan fingerprint density at radius 3 is 2.12 bits per heavy atom. The summed E-state index contributed by atoms with van der Waals surface area (Å²) in [6, 6.07) is 2.04. The quantitative estimate of drug-likeness (QED) is 0.693. The highest BCUT2D eigenvalue weighted by Gasteiger charge is 2.39. The Kier molecular flexibility index (Phi) is 6.71. The number of alkyl halides is 2. The molecular formula is C12H20F2N2O. The lowest BCUT2D eigenvalue weighted by Crippen LogP contribution is -2.43. The topological polar surface area (TPSA) is 44.1 Å². The van der Waals surface area contributed by atoms with E-state index in [1.807, 2.05) is 19.9 Å². The Labute approximate surface area is 101 Å². The summed E-state index contributed by atoms with van der Waals surface area (Å²) < 4.78 is 24.5. The molecule has 0 aromatic rings. The van der Waals surface area contributed by atoms with Gasteiger partial charge in [0.25, 0.3) is 6.43 Å². The average Bonchev–Trinajstić information content (AvgIpc) is 2.26. The first-order valence-electron chi connectivity index (χ1n) is 5.88. The number of nitriles is 1.